The van der Waals surface area contributed by atoms with E-state index in [0.29, 0.717) is 16.7 Å². The molecule has 0 bridgehead atoms. The summed E-state index contributed by atoms with van der Waals surface area (Å²) >= 11 is 0. The number of carbonyl (C=O) groups excluding carboxylic acids is 2. The van der Waals surface area contributed by atoms with Crippen LogP contribution in [0.25, 0.3) is 22.4 Å². The first-order chi connectivity index (χ1) is 22.7. The Labute approximate surface area is 277 Å². The summed E-state index contributed by atoms with van der Waals surface area (Å²) < 4.78 is 30.0. The lowest BCUT2D eigenvalue weighted by Gasteiger charge is -2.39. The zero-order valence-electron chi connectivity index (χ0n) is 27.5. The van der Waals surface area contributed by atoms with Crippen molar-refractivity contribution in [1.29, 1.82) is 5.26 Å². The van der Waals surface area contributed by atoms with Gasteiger partial charge in [-0.05, 0) is 58.9 Å². The predicted octanol–water partition coefficient (Wildman–Crippen LogP) is 6.76. The number of nitrogens with zero attached hydrogens (tertiary/aromatic N) is 2. The molecule has 2 aromatic heterocycles. The van der Waals surface area contributed by atoms with Gasteiger partial charge in [0.2, 0.25) is 0 Å². The number of carboxylic acids is 1. The van der Waals surface area contributed by atoms with Gasteiger partial charge in [0.25, 0.3) is 11.8 Å². The van der Waals surface area contributed by atoms with Crippen molar-refractivity contribution in [3.63, 3.8) is 0 Å². The summed E-state index contributed by atoms with van der Waals surface area (Å²) in [5.41, 5.74) is 0.218. The van der Waals surface area contributed by atoms with Crippen LogP contribution in [-0.2, 0) is 9.53 Å². The van der Waals surface area contributed by atoms with Gasteiger partial charge in [0.05, 0.1) is 17.9 Å². The molecule has 2 aromatic carbocycles. The van der Waals surface area contributed by atoms with Crippen LogP contribution in [0.15, 0.2) is 71.3 Å². The average molecular weight is 657 g/mol. The number of carbonyl (C=O) groups is 3. The molecule has 2 amide bonds. The Kier molecular flexibility index (Phi) is 10.7. The number of furan rings is 1. The fraction of sp³-hybridized carbons (Fsp3) is 0.306. The molecule has 0 radical (unpaired) electrons. The number of rotatable bonds is 12. The molecule has 11 nitrogen and oxygen atoms in total. The highest BCUT2D eigenvalue weighted by Crippen LogP contribution is 2.40. The van der Waals surface area contributed by atoms with Gasteiger partial charge < -0.3 is 29.6 Å². The standard InChI is InChI=1S/C36H37FN4O7/c1-35(2,3)30(34(44)45)36(4,5)19-39-32(42)22-10-7-9-21(15-22)25-17-27(24-13-12-23(37)16-29(24)48-20-46-6)40-31(26(25)18-38)41-33(43)28-11-8-14-47-28/h7-17,30H,19-20H2,1-6H3,(H,39,42)(H,44,45)(H,40,41,43). The van der Waals surface area contributed by atoms with Crippen molar-refractivity contribution in [2.75, 3.05) is 25.8 Å². The van der Waals surface area contributed by atoms with Gasteiger partial charge >= 0.3 is 5.97 Å². The van der Waals surface area contributed by atoms with Gasteiger partial charge in [-0.3, -0.25) is 14.4 Å². The summed E-state index contributed by atoms with van der Waals surface area (Å²) in [5, 5.41) is 25.7. The van der Waals surface area contributed by atoms with Gasteiger partial charge in [-0.15, -0.1) is 0 Å². The van der Waals surface area contributed by atoms with E-state index in [0.717, 1.165) is 6.07 Å². The molecule has 12 heteroatoms. The first-order valence-corrected chi connectivity index (χ1v) is 15.0. The smallest absolute Gasteiger partial charge is 0.307 e. The quantitative estimate of drug-likeness (QED) is 0.140. The number of hydrogen-bond donors (Lipinski definition) is 3. The minimum Gasteiger partial charge on any atom is -0.481 e. The highest BCUT2D eigenvalue weighted by Gasteiger charge is 2.43. The van der Waals surface area contributed by atoms with Gasteiger partial charge in [0, 0.05) is 36.4 Å². The van der Waals surface area contributed by atoms with E-state index < -0.39 is 40.3 Å². The molecule has 0 spiro atoms. The molecule has 1 atom stereocenters. The second-order valence-electron chi connectivity index (χ2n) is 12.9. The Balaban J connectivity index is 1.79. The lowest BCUT2D eigenvalue weighted by atomic mass is 9.65. The Bertz CT molecular complexity index is 1860. The van der Waals surface area contributed by atoms with Crippen LogP contribution < -0.4 is 15.4 Å². The Morgan fingerprint density at radius 3 is 2.40 bits per heavy atom. The molecule has 2 heterocycles. The van der Waals surface area contributed by atoms with Crippen molar-refractivity contribution >= 4 is 23.6 Å². The van der Waals surface area contributed by atoms with E-state index in [-0.39, 0.29) is 47.5 Å². The minimum atomic E-state index is -0.951. The number of pyridine rings is 1. The first-order valence-electron chi connectivity index (χ1n) is 15.0. The number of hydrogen-bond acceptors (Lipinski definition) is 8. The lowest BCUT2D eigenvalue weighted by Crippen LogP contribution is -2.46. The summed E-state index contributed by atoms with van der Waals surface area (Å²) in [6.07, 6.45) is 1.33. The Morgan fingerprint density at radius 1 is 1.02 bits per heavy atom. The first kappa shape index (κ1) is 35.3. The zero-order chi connectivity index (χ0) is 35.2. The van der Waals surface area contributed by atoms with Gasteiger partial charge in [0.1, 0.15) is 23.2 Å². The van der Waals surface area contributed by atoms with E-state index >= 15 is 0 Å². The third-order valence-electron chi connectivity index (χ3n) is 7.69. The Morgan fingerprint density at radius 2 is 1.77 bits per heavy atom. The second kappa shape index (κ2) is 14.5. The number of anilines is 1. The van der Waals surface area contributed by atoms with Crippen LogP contribution >= 0.6 is 0 Å². The number of aliphatic carboxylic acids is 1. The van der Waals surface area contributed by atoms with E-state index in [1.165, 1.54) is 37.6 Å². The van der Waals surface area contributed by atoms with E-state index in [4.69, 9.17) is 13.9 Å². The van der Waals surface area contributed by atoms with Gasteiger partial charge in [-0.1, -0.05) is 46.8 Å². The number of carboxylic acid groups (broad SMARTS) is 1. The topological polar surface area (TPSA) is 164 Å². The largest absolute Gasteiger partial charge is 0.481 e. The molecular weight excluding hydrogens is 619 g/mol. The van der Waals surface area contributed by atoms with Gasteiger partial charge in [-0.2, -0.15) is 5.26 Å². The lowest BCUT2D eigenvalue weighted by molar-refractivity contribution is -0.151. The summed E-state index contributed by atoms with van der Waals surface area (Å²) in [5.74, 6) is -3.39. The Hall–Kier alpha value is -5.54. The van der Waals surface area contributed by atoms with Crippen molar-refractivity contribution < 1.29 is 37.8 Å². The normalized spacial score (nSPS) is 12.1. The number of ether oxygens (including phenoxy) is 2. The van der Waals surface area contributed by atoms with Crippen molar-refractivity contribution in [1.82, 2.24) is 10.3 Å². The molecule has 4 aromatic rings. The molecule has 250 valence electrons. The maximum atomic E-state index is 14.2. The SMILES string of the molecule is COCOc1cc(F)ccc1-c1cc(-c2cccc(C(=O)NCC(C)(C)C(C(=O)O)C(C)(C)C)c2)c(C#N)c(NC(=O)c2ccco2)n1. The fourth-order valence-electron chi connectivity index (χ4n) is 5.86. The van der Waals surface area contributed by atoms with E-state index in [9.17, 15) is 29.1 Å². The molecule has 0 aliphatic carbocycles. The molecule has 4 rings (SSSR count). The number of methoxy groups -OCH3 is 1. The maximum absolute atomic E-state index is 14.2. The minimum absolute atomic E-state index is 0.00621. The molecule has 0 aliphatic rings. The van der Waals surface area contributed by atoms with Crippen molar-refractivity contribution in [2.24, 2.45) is 16.7 Å². The number of nitriles is 1. The number of aromatic nitrogens is 1. The van der Waals surface area contributed by atoms with Gasteiger partial charge in [-0.25, -0.2) is 9.37 Å². The highest BCUT2D eigenvalue weighted by molar-refractivity contribution is 6.03. The summed E-state index contributed by atoms with van der Waals surface area (Å²) in [6, 6.07) is 17.0. The van der Waals surface area contributed by atoms with Crippen LogP contribution in [0.3, 0.4) is 0 Å². The van der Waals surface area contributed by atoms with Crippen molar-refractivity contribution in [3.8, 4) is 34.2 Å². The fourth-order valence-corrected chi connectivity index (χ4v) is 5.86. The van der Waals surface area contributed by atoms with Crippen molar-refractivity contribution in [3.05, 3.63) is 89.6 Å². The van der Waals surface area contributed by atoms with Crippen LogP contribution in [0.2, 0.25) is 0 Å². The molecule has 0 saturated carbocycles. The summed E-state index contributed by atoms with van der Waals surface area (Å²) in [7, 11) is 1.42. The van der Waals surface area contributed by atoms with Crippen LogP contribution in [0.1, 0.15) is 61.1 Å². The molecule has 0 saturated heterocycles. The summed E-state index contributed by atoms with van der Waals surface area (Å²) in [6.45, 7) is 9.03. The molecule has 3 N–H and O–H groups in total. The predicted molar refractivity (Wildman–Crippen MR) is 176 cm³/mol. The van der Waals surface area contributed by atoms with Crippen LogP contribution in [-0.4, -0.2) is 48.3 Å². The summed E-state index contributed by atoms with van der Waals surface area (Å²) in [4.78, 5) is 43.1. The number of nitrogens with one attached hydrogen (secondary N) is 2. The molecule has 0 aliphatic heterocycles. The zero-order valence-corrected chi connectivity index (χ0v) is 27.5. The van der Waals surface area contributed by atoms with Crippen LogP contribution in [0, 0.1) is 33.9 Å². The number of amides is 2. The van der Waals surface area contributed by atoms with Crippen molar-refractivity contribution in [2.45, 2.75) is 34.6 Å². The number of benzene rings is 2. The highest BCUT2D eigenvalue weighted by atomic mass is 19.1. The van der Waals surface area contributed by atoms with Crippen LogP contribution in [0.5, 0.6) is 5.75 Å². The molecule has 0 fully saturated rings. The maximum Gasteiger partial charge on any atom is 0.307 e. The second-order valence-corrected chi connectivity index (χ2v) is 12.9. The third kappa shape index (κ3) is 8.05. The van der Waals surface area contributed by atoms with Crippen LogP contribution in [0.4, 0.5) is 10.2 Å². The number of halogens is 1. The van der Waals surface area contributed by atoms with E-state index in [1.807, 2.05) is 20.8 Å². The van der Waals surface area contributed by atoms with Gasteiger partial charge in [0.15, 0.2) is 18.4 Å². The molecule has 48 heavy (non-hydrogen) atoms. The molecule has 1 unspecified atom stereocenters. The molecular formula is C36H37FN4O7. The monoisotopic (exact) mass is 656 g/mol. The van der Waals surface area contributed by atoms with E-state index in [2.05, 4.69) is 21.7 Å². The third-order valence-corrected chi connectivity index (χ3v) is 7.69. The van der Waals surface area contributed by atoms with E-state index in [1.54, 1.807) is 44.2 Å². The average Bonchev–Trinajstić information content (AvgIpc) is 3.57.